The second kappa shape index (κ2) is 6.78. The molecule has 0 amide bonds. The van der Waals surface area contributed by atoms with Crippen molar-refractivity contribution in [2.24, 2.45) is 5.92 Å². The van der Waals surface area contributed by atoms with E-state index in [4.69, 9.17) is 4.98 Å². The van der Waals surface area contributed by atoms with Gasteiger partial charge in [-0.1, -0.05) is 26.3 Å². The average molecular weight is 287 g/mol. The monoisotopic (exact) mass is 287 g/mol. The van der Waals surface area contributed by atoms with Crippen molar-refractivity contribution in [3.8, 4) is 0 Å². The van der Waals surface area contributed by atoms with E-state index in [2.05, 4.69) is 35.8 Å². The first-order chi connectivity index (χ1) is 10.3. The Bertz CT molecular complexity index is 452. The van der Waals surface area contributed by atoms with Gasteiger partial charge in [0.05, 0.1) is 0 Å². The Morgan fingerprint density at radius 1 is 1.14 bits per heavy atom. The van der Waals surface area contributed by atoms with E-state index >= 15 is 0 Å². The highest BCUT2D eigenvalue weighted by Gasteiger charge is 2.28. The van der Waals surface area contributed by atoms with Crippen molar-refractivity contribution < 1.29 is 0 Å². The normalized spacial score (nSPS) is 24.0. The summed E-state index contributed by atoms with van der Waals surface area (Å²) in [6.07, 6.45) is 8.59. The van der Waals surface area contributed by atoms with E-state index in [1.54, 1.807) is 0 Å². The van der Waals surface area contributed by atoms with E-state index in [0.717, 1.165) is 5.92 Å². The molecule has 1 aromatic rings. The molecule has 1 atom stereocenters. The molecular formula is C18H29N3. The van der Waals surface area contributed by atoms with Crippen molar-refractivity contribution in [2.45, 2.75) is 52.0 Å². The molecule has 0 bridgehead atoms. The van der Waals surface area contributed by atoms with Crippen LogP contribution in [-0.2, 0) is 0 Å². The van der Waals surface area contributed by atoms with Gasteiger partial charge in [0.2, 0.25) is 0 Å². The largest absolute Gasteiger partial charge is 0.356 e. The number of anilines is 1. The summed E-state index contributed by atoms with van der Waals surface area (Å²) >= 11 is 0. The zero-order valence-electron chi connectivity index (χ0n) is 13.6. The zero-order valence-corrected chi connectivity index (χ0v) is 13.6. The van der Waals surface area contributed by atoms with Gasteiger partial charge in [-0.15, -0.1) is 0 Å². The molecule has 2 aliphatic heterocycles. The minimum absolute atomic E-state index is 0.574. The Labute approximate surface area is 129 Å². The number of rotatable bonds is 4. The van der Waals surface area contributed by atoms with E-state index in [-0.39, 0.29) is 0 Å². The molecule has 3 rings (SSSR count). The fraction of sp³-hybridized carbons (Fsp3) is 0.722. The molecule has 1 aromatic heterocycles. The topological polar surface area (TPSA) is 19.4 Å². The lowest BCUT2D eigenvalue weighted by Crippen LogP contribution is -2.37. The number of piperidine rings is 1. The van der Waals surface area contributed by atoms with Crippen LogP contribution in [-0.4, -0.2) is 36.1 Å². The van der Waals surface area contributed by atoms with Crippen LogP contribution in [0.3, 0.4) is 0 Å². The molecule has 0 saturated carbocycles. The van der Waals surface area contributed by atoms with Crippen molar-refractivity contribution in [1.82, 2.24) is 9.88 Å². The van der Waals surface area contributed by atoms with Crippen molar-refractivity contribution >= 4 is 5.82 Å². The standard InChI is InChI=1S/C18H29N3/c1-15(2)14-21-13-4-3-9-17(21)16-8-7-10-19-18(16)20-11-5-6-12-20/h7-8,10,15,17H,3-6,9,11-14H2,1-2H3. The molecule has 2 fully saturated rings. The summed E-state index contributed by atoms with van der Waals surface area (Å²) in [5.41, 5.74) is 1.47. The van der Waals surface area contributed by atoms with E-state index in [9.17, 15) is 0 Å². The quantitative estimate of drug-likeness (QED) is 0.838. The Morgan fingerprint density at radius 3 is 2.67 bits per heavy atom. The Morgan fingerprint density at radius 2 is 1.90 bits per heavy atom. The zero-order chi connectivity index (χ0) is 14.7. The smallest absolute Gasteiger partial charge is 0.133 e. The number of hydrogen-bond acceptors (Lipinski definition) is 3. The Kier molecular flexibility index (Phi) is 4.79. The third-order valence-electron chi connectivity index (χ3n) is 4.79. The SMILES string of the molecule is CC(C)CN1CCCCC1c1cccnc1N1CCCC1. The van der Waals surface area contributed by atoms with Gasteiger partial charge >= 0.3 is 0 Å². The Hall–Kier alpha value is -1.09. The van der Waals surface area contributed by atoms with Gasteiger partial charge < -0.3 is 4.90 Å². The minimum atomic E-state index is 0.574. The van der Waals surface area contributed by atoms with Crippen molar-refractivity contribution in [2.75, 3.05) is 31.1 Å². The van der Waals surface area contributed by atoms with Crippen LogP contribution >= 0.6 is 0 Å². The van der Waals surface area contributed by atoms with E-state index in [0.29, 0.717) is 6.04 Å². The summed E-state index contributed by atoms with van der Waals surface area (Å²) in [5.74, 6) is 1.99. The fourth-order valence-corrected chi connectivity index (χ4v) is 3.89. The van der Waals surface area contributed by atoms with E-state index in [1.807, 2.05) is 6.20 Å². The second-order valence-electron chi connectivity index (χ2n) is 7.01. The molecule has 0 N–H and O–H groups in total. The van der Waals surface area contributed by atoms with Crippen LogP contribution in [0.2, 0.25) is 0 Å². The molecule has 3 heteroatoms. The molecular weight excluding hydrogens is 258 g/mol. The van der Waals surface area contributed by atoms with Crippen LogP contribution < -0.4 is 4.90 Å². The van der Waals surface area contributed by atoms with Gasteiger partial charge in [-0.2, -0.15) is 0 Å². The first-order valence-electron chi connectivity index (χ1n) is 8.69. The summed E-state index contributed by atoms with van der Waals surface area (Å²) in [6, 6.07) is 5.02. The lowest BCUT2D eigenvalue weighted by Gasteiger charge is -2.38. The van der Waals surface area contributed by atoms with Gasteiger partial charge in [0.25, 0.3) is 0 Å². The second-order valence-corrected chi connectivity index (χ2v) is 7.01. The first-order valence-corrected chi connectivity index (χ1v) is 8.69. The van der Waals surface area contributed by atoms with Gasteiger partial charge in [-0.3, -0.25) is 4.90 Å². The maximum absolute atomic E-state index is 4.75. The van der Waals surface area contributed by atoms with Crippen molar-refractivity contribution in [3.63, 3.8) is 0 Å². The number of aromatic nitrogens is 1. The van der Waals surface area contributed by atoms with Crippen molar-refractivity contribution in [1.29, 1.82) is 0 Å². The number of hydrogen-bond donors (Lipinski definition) is 0. The number of pyridine rings is 1. The fourth-order valence-electron chi connectivity index (χ4n) is 3.89. The van der Waals surface area contributed by atoms with Gasteiger partial charge in [0.1, 0.15) is 5.82 Å². The molecule has 116 valence electrons. The van der Waals surface area contributed by atoms with Crippen LogP contribution in [0.4, 0.5) is 5.82 Å². The van der Waals surface area contributed by atoms with Gasteiger partial charge in [0, 0.05) is 37.4 Å². The van der Waals surface area contributed by atoms with Crippen LogP contribution in [0.15, 0.2) is 18.3 Å². The molecule has 2 aliphatic rings. The van der Waals surface area contributed by atoms with Crippen LogP contribution in [0.5, 0.6) is 0 Å². The third kappa shape index (κ3) is 3.39. The highest BCUT2D eigenvalue weighted by molar-refractivity contribution is 5.49. The highest BCUT2D eigenvalue weighted by Crippen LogP contribution is 2.36. The van der Waals surface area contributed by atoms with Crippen LogP contribution in [0, 0.1) is 5.92 Å². The molecule has 0 spiro atoms. The van der Waals surface area contributed by atoms with Gasteiger partial charge in [-0.05, 0) is 44.2 Å². The highest BCUT2D eigenvalue weighted by atomic mass is 15.2. The summed E-state index contributed by atoms with van der Waals surface area (Å²) in [5, 5.41) is 0. The maximum atomic E-state index is 4.75. The van der Waals surface area contributed by atoms with E-state index < -0.39 is 0 Å². The predicted molar refractivity (Wildman–Crippen MR) is 88.7 cm³/mol. The molecule has 3 heterocycles. The minimum Gasteiger partial charge on any atom is -0.356 e. The molecule has 1 unspecified atom stereocenters. The Balaban J connectivity index is 1.86. The van der Waals surface area contributed by atoms with Crippen LogP contribution in [0.25, 0.3) is 0 Å². The summed E-state index contributed by atoms with van der Waals surface area (Å²) in [4.78, 5) is 9.95. The van der Waals surface area contributed by atoms with Crippen molar-refractivity contribution in [3.05, 3.63) is 23.9 Å². The summed E-state index contributed by atoms with van der Waals surface area (Å²) < 4.78 is 0. The molecule has 2 saturated heterocycles. The van der Waals surface area contributed by atoms with Crippen LogP contribution in [0.1, 0.15) is 57.6 Å². The lowest BCUT2D eigenvalue weighted by molar-refractivity contribution is 0.132. The summed E-state index contributed by atoms with van der Waals surface area (Å²) in [6.45, 7) is 9.48. The third-order valence-corrected chi connectivity index (χ3v) is 4.79. The predicted octanol–water partition coefficient (Wildman–Crippen LogP) is 3.86. The molecule has 0 aromatic carbocycles. The maximum Gasteiger partial charge on any atom is 0.133 e. The number of nitrogens with zero attached hydrogens (tertiary/aromatic N) is 3. The molecule has 3 nitrogen and oxygen atoms in total. The number of likely N-dealkylation sites (tertiary alicyclic amines) is 1. The average Bonchev–Trinajstić information content (AvgIpc) is 3.01. The molecule has 0 radical (unpaired) electrons. The van der Waals surface area contributed by atoms with Gasteiger partial charge in [0.15, 0.2) is 0 Å². The molecule has 21 heavy (non-hydrogen) atoms. The lowest BCUT2D eigenvalue weighted by atomic mass is 9.94. The van der Waals surface area contributed by atoms with E-state index in [1.165, 1.54) is 69.7 Å². The summed E-state index contributed by atoms with van der Waals surface area (Å²) in [7, 11) is 0. The first kappa shape index (κ1) is 14.8. The molecule has 0 aliphatic carbocycles. The van der Waals surface area contributed by atoms with Gasteiger partial charge in [-0.25, -0.2) is 4.98 Å².